The minimum Gasteiger partial charge on any atom is -0.482 e. The molecule has 0 saturated heterocycles. The lowest BCUT2D eigenvalue weighted by molar-refractivity contribution is 0.276. The van der Waals surface area contributed by atoms with Gasteiger partial charge in [-0.3, -0.25) is 4.68 Å². The van der Waals surface area contributed by atoms with Gasteiger partial charge in [0.15, 0.2) is 5.88 Å². The minimum atomic E-state index is -0.739. The van der Waals surface area contributed by atoms with Crippen LogP contribution in [0.4, 0.5) is 10.1 Å². The van der Waals surface area contributed by atoms with Crippen LogP contribution in [0.1, 0.15) is 19.4 Å². The normalized spacial score (nSPS) is 15.1. The average Bonchev–Trinajstić information content (AvgIpc) is 2.67. The van der Waals surface area contributed by atoms with Crippen molar-refractivity contribution in [1.82, 2.24) is 9.78 Å². The molecule has 8 heteroatoms. The van der Waals surface area contributed by atoms with Crippen LogP contribution < -0.4 is 17.2 Å². The van der Waals surface area contributed by atoms with E-state index >= 15 is 0 Å². The summed E-state index contributed by atoms with van der Waals surface area (Å²) in [5, 5.41) is 3.73. The highest BCUT2D eigenvalue weighted by molar-refractivity contribution is 6.29. The minimum absolute atomic E-state index is 0.0362. The van der Waals surface area contributed by atoms with Crippen LogP contribution in [0.15, 0.2) is 28.9 Å². The first-order chi connectivity index (χ1) is 8.90. The molecule has 0 aromatic carbocycles. The number of nitrogens with two attached hydrogens (primary N) is 3. The van der Waals surface area contributed by atoms with E-state index in [9.17, 15) is 4.39 Å². The van der Waals surface area contributed by atoms with Gasteiger partial charge >= 0.3 is 0 Å². The molecule has 19 heavy (non-hydrogen) atoms. The van der Waals surface area contributed by atoms with E-state index in [2.05, 4.69) is 5.10 Å². The molecule has 1 heterocycles. The van der Waals surface area contributed by atoms with Crippen LogP contribution in [-0.4, -0.2) is 16.9 Å². The molecule has 0 spiro atoms. The maximum atomic E-state index is 13.2. The lowest BCUT2D eigenvalue weighted by Crippen LogP contribution is -2.17. The number of allylic oxidation sites excluding steroid dienone is 2. The molecule has 1 rings (SSSR count). The van der Waals surface area contributed by atoms with Gasteiger partial charge in [0.25, 0.3) is 5.95 Å². The highest BCUT2D eigenvalue weighted by Crippen LogP contribution is 2.26. The summed E-state index contributed by atoms with van der Waals surface area (Å²) < 4.78 is 19.6. The van der Waals surface area contributed by atoms with Crippen LogP contribution >= 0.6 is 11.6 Å². The summed E-state index contributed by atoms with van der Waals surface area (Å²) in [6.07, 6.45) is 3.40. The topological polar surface area (TPSA) is 105 Å². The third-order valence-electron chi connectivity index (χ3n) is 2.58. The van der Waals surface area contributed by atoms with Crippen molar-refractivity contribution in [2.75, 3.05) is 12.8 Å². The zero-order valence-electron chi connectivity index (χ0n) is 10.7. The van der Waals surface area contributed by atoms with Crippen LogP contribution in [0, 0.1) is 5.95 Å². The summed E-state index contributed by atoms with van der Waals surface area (Å²) in [6.45, 7) is 1.88. The van der Waals surface area contributed by atoms with Crippen LogP contribution in [0.25, 0.3) is 0 Å². The Morgan fingerprint density at radius 3 is 2.63 bits per heavy atom. The Labute approximate surface area is 115 Å². The van der Waals surface area contributed by atoms with E-state index in [1.165, 1.54) is 24.1 Å². The molecule has 0 aliphatic carbocycles. The molecule has 1 aromatic rings. The summed E-state index contributed by atoms with van der Waals surface area (Å²) in [6, 6.07) is -0.385. The Morgan fingerprint density at radius 2 is 2.26 bits per heavy atom. The number of methoxy groups -OCH3 is 1. The second-order valence-corrected chi connectivity index (χ2v) is 4.27. The number of nitrogen functional groups attached to an aromatic ring is 1. The van der Waals surface area contributed by atoms with Crippen molar-refractivity contribution in [3.8, 4) is 0 Å². The number of ether oxygens (including phenoxy) is 1. The first kappa shape index (κ1) is 15.2. The zero-order chi connectivity index (χ0) is 14.6. The fourth-order valence-electron chi connectivity index (χ4n) is 1.69. The molecule has 6 N–H and O–H groups in total. The van der Waals surface area contributed by atoms with Gasteiger partial charge < -0.3 is 21.9 Å². The first-order valence-corrected chi connectivity index (χ1v) is 5.94. The Hall–Kier alpha value is -1.89. The first-order valence-electron chi connectivity index (χ1n) is 5.57. The van der Waals surface area contributed by atoms with E-state index in [4.69, 9.17) is 33.5 Å². The maximum Gasteiger partial charge on any atom is 0.255 e. The molecule has 0 amide bonds. The largest absolute Gasteiger partial charge is 0.482 e. The summed E-state index contributed by atoms with van der Waals surface area (Å²) in [5.74, 6) is -0.610. The quantitative estimate of drug-likeness (QED) is 0.432. The fourth-order valence-corrected chi connectivity index (χ4v) is 1.81. The van der Waals surface area contributed by atoms with Crippen molar-refractivity contribution >= 4 is 17.3 Å². The molecule has 1 aromatic heterocycles. The Morgan fingerprint density at radius 1 is 1.63 bits per heavy atom. The molecule has 1 atom stereocenters. The Balaban J connectivity index is 3.29. The maximum absolute atomic E-state index is 13.2. The molecule has 1 unspecified atom stereocenters. The predicted molar refractivity (Wildman–Crippen MR) is 72.3 cm³/mol. The number of hydrogen-bond donors (Lipinski definition) is 3. The smallest absolute Gasteiger partial charge is 0.255 e. The molecule has 0 radical (unpaired) electrons. The van der Waals surface area contributed by atoms with E-state index < -0.39 is 5.95 Å². The van der Waals surface area contributed by atoms with E-state index in [-0.39, 0.29) is 22.8 Å². The monoisotopic (exact) mass is 289 g/mol. The lowest BCUT2D eigenvalue weighted by Gasteiger charge is -2.18. The van der Waals surface area contributed by atoms with Gasteiger partial charge in [0, 0.05) is 5.57 Å². The Kier molecular flexibility index (Phi) is 5.05. The van der Waals surface area contributed by atoms with E-state index in [1.807, 2.05) is 6.92 Å². The van der Waals surface area contributed by atoms with Gasteiger partial charge in [-0.1, -0.05) is 18.5 Å². The lowest BCUT2D eigenvalue weighted by atomic mass is 10.1. The van der Waals surface area contributed by atoms with Crippen molar-refractivity contribution in [1.29, 1.82) is 0 Å². The van der Waals surface area contributed by atoms with Gasteiger partial charge in [0.1, 0.15) is 5.69 Å². The van der Waals surface area contributed by atoms with E-state index in [1.54, 1.807) is 0 Å². The molecular formula is C11H17ClFN5O. The molecular weight excluding hydrogens is 273 g/mol. The second-order valence-electron chi connectivity index (χ2n) is 3.83. The molecule has 6 nitrogen and oxygen atoms in total. The van der Waals surface area contributed by atoms with Gasteiger partial charge in [0.05, 0.1) is 24.5 Å². The number of halogens is 2. The second kappa shape index (κ2) is 6.33. The highest BCUT2D eigenvalue weighted by Gasteiger charge is 2.20. The molecule has 106 valence electrons. The van der Waals surface area contributed by atoms with Crippen LogP contribution in [0.3, 0.4) is 0 Å². The van der Waals surface area contributed by atoms with Crippen LogP contribution in [-0.2, 0) is 4.74 Å². The van der Waals surface area contributed by atoms with Crippen molar-refractivity contribution in [2.45, 2.75) is 19.4 Å². The van der Waals surface area contributed by atoms with Crippen molar-refractivity contribution in [3.05, 3.63) is 34.8 Å². The van der Waals surface area contributed by atoms with Gasteiger partial charge in [-0.05, 0) is 12.5 Å². The van der Waals surface area contributed by atoms with Gasteiger partial charge in [-0.25, -0.2) is 0 Å². The summed E-state index contributed by atoms with van der Waals surface area (Å²) in [7, 11) is 1.42. The fraction of sp³-hybridized carbons (Fsp3) is 0.364. The van der Waals surface area contributed by atoms with Crippen molar-refractivity contribution in [3.63, 3.8) is 0 Å². The molecule has 0 fully saturated rings. The van der Waals surface area contributed by atoms with Crippen molar-refractivity contribution in [2.24, 2.45) is 11.5 Å². The van der Waals surface area contributed by atoms with Crippen LogP contribution in [0.5, 0.6) is 0 Å². The zero-order valence-corrected chi connectivity index (χ0v) is 11.5. The SMILES string of the molecule is CCC(C(/C=C(\N)Cl)=C(/N)OC)n1cc(N)c(F)n1. The number of nitrogens with zero attached hydrogens (tertiary/aromatic N) is 2. The third kappa shape index (κ3) is 3.54. The van der Waals surface area contributed by atoms with Gasteiger partial charge in [-0.15, -0.1) is 5.10 Å². The summed E-state index contributed by atoms with van der Waals surface area (Å²) in [5.41, 5.74) is 17.1. The Bertz CT molecular complexity index is 488. The van der Waals surface area contributed by atoms with E-state index in [0.717, 1.165) is 0 Å². The summed E-state index contributed by atoms with van der Waals surface area (Å²) in [4.78, 5) is 0. The standard InChI is InChI=1S/C11H17ClFN5O/c1-3-8(18-5-7(14)10(13)17-18)6(4-9(12)15)11(16)19-2/h4-5,8H,3,14-16H2,1-2H3/b9-4-,11-6-. The highest BCUT2D eigenvalue weighted by atomic mass is 35.5. The molecule has 0 saturated carbocycles. The van der Waals surface area contributed by atoms with Crippen molar-refractivity contribution < 1.29 is 9.13 Å². The number of anilines is 1. The number of hydrogen-bond acceptors (Lipinski definition) is 5. The van der Waals surface area contributed by atoms with E-state index in [0.29, 0.717) is 12.0 Å². The average molecular weight is 290 g/mol. The number of aromatic nitrogens is 2. The van der Waals surface area contributed by atoms with Gasteiger partial charge in [-0.2, -0.15) is 4.39 Å². The molecule has 0 aliphatic heterocycles. The third-order valence-corrected chi connectivity index (χ3v) is 2.68. The van der Waals surface area contributed by atoms with Gasteiger partial charge in [0.2, 0.25) is 0 Å². The predicted octanol–water partition coefficient (Wildman–Crippen LogP) is 1.41. The summed E-state index contributed by atoms with van der Waals surface area (Å²) >= 11 is 5.66. The molecule has 0 bridgehead atoms. The number of rotatable bonds is 5. The molecule has 0 aliphatic rings. The van der Waals surface area contributed by atoms with Crippen LogP contribution in [0.2, 0.25) is 0 Å².